The van der Waals surface area contributed by atoms with Gasteiger partial charge < -0.3 is 4.90 Å². The quantitative estimate of drug-likeness (QED) is 0.798. The molecule has 0 aliphatic rings. The lowest BCUT2D eigenvalue weighted by molar-refractivity contribution is 0.0779. The first kappa shape index (κ1) is 15.7. The van der Waals surface area contributed by atoms with Crippen LogP contribution in [0.1, 0.15) is 15.9 Å². The van der Waals surface area contributed by atoms with Gasteiger partial charge in [0.15, 0.2) is 5.82 Å². The van der Waals surface area contributed by atoms with Gasteiger partial charge in [-0.1, -0.05) is 23.2 Å². The third-order valence-electron chi connectivity index (χ3n) is 2.77. The topological polar surface area (TPSA) is 33.2 Å². The van der Waals surface area contributed by atoms with Crippen LogP contribution < -0.4 is 0 Å². The van der Waals surface area contributed by atoms with Crippen LogP contribution in [-0.4, -0.2) is 22.8 Å². The molecule has 0 saturated heterocycles. The van der Waals surface area contributed by atoms with E-state index in [-0.39, 0.29) is 12.1 Å². The maximum absolute atomic E-state index is 13.6. The van der Waals surface area contributed by atoms with E-state index in [9.17, 15) is 13.6 Å². The van der Waals surface area contributed by atoms with Crippen molar-refractivity contribution in [2.75, 3.05) is 7.05 Å². The van der Waals surface area contributed by atoms with E-state index < -0.39 is 17.7 Å². The van der Waals surface area contributed by atoms with Crippen molar-refractivity contribution in [1.82, 2.24) is 9.88 Å². The van der Waals surface area contributed by atoms with Crippen LogP contribution in [0.25, 0.3) is 0 Å². The third kappa shape index (κ3) is 3.68. The van der Waals surface area contributed by atoms with Crippen molar-refractivity contribution in [2.24, 2.45) is 0 Å². The number of pyridine rings is 1. The smallest absolute Gasteiger partial charge is 0.257 e. The predicted octanol–water partition coefficient (Wildman–Crippen LogP) is 3.94. The van der Waals surface area contributed by atoms with Crippen molar-refractivity contribution >= 4 is 29.1 Å². The van der Waals surface area contributed by atoms with Crippen molar-refractivity contribution in [3.05, 3.63) is 63.4 Å². The zero-order valence-electron chi connectivity index (χ0n) is 10.9. The minimum Gasteiger partial charge on any atom is -0.337 e. The number of amides is 1. The molecule has 1 aromatic heterocycles. The van der Waals surface area contributed by atoms with Gasteiger partial charge in [0.05, 0.1) is 5.56 Å². The fraction of sp³-hybridized carbons (Fsp3) is 0.143. The van der Waals surface area contributed by atoms with Gasteiger partial charge in [-0.25, -0.2) is 9.37 Å². The lowest BCUT2D eigenvalue weighted by Crippen LogP contribution is -2.27. The van der Waals surface area contributed by atoms with E-state index >= 15 is 0 Å². The summed E-state index contributed by atoms with van der Waals surface area (Å²) in [6, 6.07) is 5.97. The van der Waals surface area contributed by atoms with Gasteiger partial charge in [-0.3, -0.25) is 4.79 Å². The lowest BCUT2D eigenvalue weighted by atomic mass is 10.2. The molecule has 0 fully saturated rings. The van der Waals surface area contributed by atoms with E-state index in [1.54, 1.807) is 18.2 Å². The largest absolute Gasteiger partial charge is 0.337 e. The van der Waals surface area contributed by atoms with Gasteiger partial charge in [0, 0.05) is 29.8 Å². The zero-order valence-corrected chi connectivity index (χ0v) is 12.4. The molecular formula is C14H10Cl2F2N2O. The highest BCUT2D eigenvalue weighted by Gasteiger charge is 2.19. The number of carbonyl (C=O) groups is 1. The van der Waals surface area contributed by atoms with Crippen LogP contribution in [0.3, 0.4) is 0 Å². The minimum absolute atomic E-state index is 0.155. The Balaban J connectivity index is 2.21. The Morgan fingerprint density at radius 1 is 1.24 bits per heavy atom. The Kier molecular flexibility index (Phi) is 4.75. The maximum atomic E-state index is 13.6. The summed E-state index contributed by atoms with van der Waals surface area (Å²) in [7, 11) is 1.47. The summed E-state index contributed by atoms with van der Waals surface area (Å²) in [5, 5.41) is 0.860. The number of aromatic nitrogens is 1. The molecule has 1 aromatic carbocycles. The molecule has 21 heavy (non-hydrogen) atoms. The fourth-order valence-corrected chi connectivity index (χ4v) is 2.41. The van der Waals surface area contributed by atoms with Crippen LogP contribution in [0.4, 0.5) is 8.78 Å². The fourth-order valence-electron chi connectivity index (χ4n) is 1.84. The van der Waals surface area contributed by atoms with Crippen molar-refractivity contribution in [3.63, 3.8) is 0 Å². The molecule has 2 rings (SSSR count). The van der Waals surface area contributed by atoms with Crippen molar-refractivity contribution in [1.29, 1.82) is 0 Å². The second-order valence-electron chi connectivity index (χ2n) is 4.40. The Hall–Kier alpha value is -1.72. The Bertz CT molecular complexity index is 674. The van der Waals surface area contributed by atoms with Gasteiger partial charge in [0.1, 0.15) is 0 Å². The van der Waals surface area contributed by atoms with Gasteiger partial charge in [-0.05, 0) is 29.8 Å². The van der Waals surface area contributed by atoms with E-state index in [0.29, 0.717) is 15.6 Å². The average Bonchev–Trinajstić information content (AvgIpc) is 2.40. The zero-order chi connectivity index (χ0) is 15.6. The summed E-state index contributed by atoms with van der Waals surface area (Å²) in [6.07, 6.45) is 1.04. The highest BCUT2D eigenvalue weighted by Crippen LogP contribution is 2.20. The number of hydrogen-bond acceptors (Lipinski definition) is 2. The van der Waals surface area contributed by atoms with E-state index in [0.717, 1.165) is 12.3 Å². The summed E-state index contributed by atoms with van der Waals surface area (Å²) >= 11 is 11.7. The van der Waals surface area contributed by atoms with Crippen molar-refractivity contribution in [2.45, 2.75) is 6.54 Å². The van der Waals surface area contributed by atoms with Crippen LogP contribution in [0.5, 0.6) is 0 Å². The van der Waals surface area contributed by atoms with Gasteiger partial charge >= 0.3 is 0 Å². The summed E-state index contributed by atoms with van der Waals surface area (Å²) in [6.45, 7) is 0.155. The van der Waals surface area contributed by atoms with E-state index in [2.05, 4.69) is 4.98 Å². The monoisotopic (exact) mass is 330 g/mol. The second kappa shape index (κ2) is 6.37. The Morgan fingerprint density at radius 3 is 2.48 bits per heavy atom. The molecule has 0 atom stereocenters. The molecule has 1 amide bonds. The van der Waals surface area contributed by atoms with Crippen LogP contribution in [-0.2, 0) is 6.54 Å². The number of benzene rings is 1. The van der Waals surface area contributed by atoms with Crippen molar-refractivity contribution < 1.29 is 13.6 Å². The van der Waals surface area contributed by atoms with Crippen LogP contribution >= 0.6 is 23.2 Å². The minimum atomic E-state index is -1.31. The average molecular weight is 331 g/mol. The normalized spacial score (nSPS) is 10.5. The number of hydrogen-bond donors (Lipinski definition) is 0. The third-order valence-corrected chi connectivity index (χ3v) is 3.20. The molecule has 7 heteroatoms. The first-order chi connectivity index (χ1) is 9.88. The van der Waals surface area contributed by atoms with Gasteiger partial charge in [-0.2, -0.15) is 4.39 Å². The molecule has 0 aliphatic heterocycles. The SMILES string of the molecule is CN(Cc1cc(Cl)cc(Cl)c1)C(=O)c1ccnc(F)c1F. The van der Waals surface area contributed by atoms with Crippen molar-refractivity contribution in [3.8, 4) is 0 Å². The lowest BCUT2D eigenvalue weighted by Gasteiger charge is -2.18. The molecule has 3 nitrogen and oxygen atoms in total. The molecule has 0 spiro atoms. The molecule has 0 saturated carbocycles. The summed E-state index contributed by atoms with van der Waals surface area (Å²) in [5.74, 6) is -3.23. The molecule has 0 N–H and O–H groups in total. The molecule has 110 valence electrons. The van der Waals surface area contributed by atoms with Crippen LogP contribution in [0.15, 0.2) is 30.5 Å². The van der Waals surface area contributed by atoms with Gasteiger partial charge in [0.25, 0.3) is 5.91 Å². The number of nitrogens with zero attached hydrogens (tertiary/aromatic N) is 2. The molecule has 0 aliphatic carbocycles. The highest BCUT2D eigenvalue weighted by molar-refractivity contribution is 6.34. The molecular weight excluding hydrogens is 321 g/mol. The van der Waals surface area contributed by atoms with Crippen LogP contribution in [0.2, 0.25) is 10.0 Å². The summed E-state index contributed by atoms with van der Waals surface area (Å²) < 4.78 is 26.6. The second-order valence-corrected chi connectivity index (χ2v) is 5.28. The molecule has 2 aromatic rings. The first-order valence-electron chi connectivity index (χ1n) is 5.89. The molecule has 0 bridgehead atoms. The van der Waals surface area contributed by atoms with Gasteiger partial charge in [-0.15, -0.1) is 0 Å². The Labute approximate surface area is 130 Å². The Morgan fingerprint density at radius 2 is 1.86 bits per heavy atom. The van der Waals surface area contributed by atoms with Crippen LogP contribution in [0, 0.1) is 11.8 Å². The summed E-state index contributed by atoms with van der Waals surface area (Å²) in [5.41, 5.74) is 0.302. The first-order valence-corrected chi connectivity index (χ1v) is 6.64. The molecule has 0 radical (unpaired) electrons. The van der Waals surface area contributed by atoms with E-state index in [1.165, 1.54) is 11.9 Å². The number of halogens is 4. The highest BCUT2D eigenvalue weighted by atomic mass is 35.5. The number of rotatable bonds is 3. The molecule has 0 unspecified atom stereocenters. The standard InChI is InChI=1S/C14H10Cl2F2N2O/c1-20(7-8-4-9(15)6-10(16)5-8)14(21)11-2-3-19-13(18)12(11)17/h2-6H,7H2,1H3. The maximum Gasteiger partial charge on any atom is 0.257 e. The molecule has 1 heterocycles. The number of carbonyl (C=O) groups excluding carboxylic acids is 1. The van der Waals surface area contributed by atoms with E-state index in [4.69, 9.17) is 23.2 Å². The van der Waals surface area contributed by atoms with E-state index in [1.807, 2.05) is 0 Å². The summed E-state index contributed by atoms with van der Waals surface area (Å²) in [4.78, 5) is 16.5. The van der Waals surface area contributed by atoms with Gasteiger partial charge in [0.2, 0.25) is 5.95 Å². The predicted molar refractivity (Wildman–Crippen MR) is 76.4 cm³/mol.